The molecule has 170 valence electrons. The lowest BCUT2D eigenvalue weighted by Crippen LogP contribution is -2.34. The maximum Gasteiger partial charge on any atom is 0.405 e. The number of nitrogens with zero attached hydrogens (tertiary/aromatic N) is 4. The zero-order chi connectivity index (χ0) is 23.6. The quantitative estimate of drug-likeness (QED) is 0.474. The zero-order valence-electron chi connectivity index (χ0n) is 17.6. The van der Waals surface area contributed by atoms with Gasteiger partial charge in [0, 0.05) is 30.1 Å². The number of halogens is 3. The number of nitrogens with one attached hydrogen (secondary N) is 1. The minimum absolute atomic E-state index is 0.0575. The van der Waals surface area contributed by atoms with Gasteiger partial charge in [-0.3, -0.25) is 19.3 Å². The summed E-state index contributed by atoms with van der Waals surface area (Å²) < 4.78 is 50.0. The molecule has 0 saturated heterocycles. The first-order valence-corrected chi connectivity index (χ1v) is 9.65. The van der Waals surface area contributed by atoms with Crippen LogP contribution in [0.3, 0.4) is 0 Å². The molecule has 0 aliphatic heterocycles. The highest BCUT2D eigenvalue weighted by molar-refractivity contribution is 6.00. The zero-order valence-corrected chi connectivity index (χ0v) is 17.6. The Hall–Kier alpha value is -4.15. The lowest BCUT2D eigenvalue weighted by Gasteiger charge is -2.16. The van der Waals surface area contributed by atoms with Crippen molar-refractivity contribution >= 4 is 16.9 Å². The molecule has 4 aromatic rings. The number of ether oxygens (including phenoxy) is 2. The SMILES string of the molecule is COc1cc(-n2cnc3cc(-c4cnccn4)ccc32)cc(OC)c1C(=O)NCC(F)(F)F. The van der Waals surface area contributed by atoms with E-state index in [9.17, 15) is 18.0 Å². The molecule has 0 bridgehead atoms. The predicted molar refractivity (Wildman–Crippen MR) is 114 cm³/mol. The molecule has 11 heteroatoms. The summed E-state index contributed by atoms with van der Waals surface area (Å²) >= 11 is 0. The Labute approximate surface area is 186 Å². The number of benzene rings is 2. The Kier molecular flexibility index (Phi) is 5.86. The molecule has 0 spiro atoms. The minimum Gasteiger partial charge on any atom is -0.496 e. The van der Waals surface area contributed by atoms with E-state index in [-0.39, 0.29) is 17.1 Å². The smallest absolute Gasteiger partial charge is 0.405 e. The van der Waals surface area contributed by atoms with Crippen molar-refractivity contribution in [1.82, 2.24) is 24.8 Å². The third-order valence-corrected chi connectivity index (χ3v) is 4.85. The Morgan fingerprint density at radius 1 is 1.06 bits per heavy atom. The third-order valence-electron chi connectivity index (χ3n) is 4.85. The summed E-state index contributed by atoms with van der Waals surface area (Å²) in [6, 6.07) is 8.65. The molecule has 8 nitrogen and oxygen atoms in total. The number of amides is 1. The lowest BCUT2D eigenvalue weighted by molar-refractivity contribution is -0.123. The molecular formula is C22H18F3N5O3. The third kappa shape index (κ3) is 4.56. The van der Waals surface area contributed by atoms with Crippen molar-refractivity contribution in [2.45, 2.75) is 6.18 Å². The van der Waals surface area contributed by atoms with Crippen molar-refractivity contribution in [3.05, 3.63) is 60.8 Å². The van der Waals surface area contributed by atoms with E-state index in [1.165, 1.54) is 26.4 Å². The number of aromatic nitrogens is 4. The van der Waals surface area contributed by atoms with Gasteiger partial charge in [0.15, 0.2) is 0 Å². The van der Waals surface area contributed by atoms with Crippen LogP contribution in [-0.4, -0.2) is 52.4 Å². The fourth-order valence-electron chi connectivity index (χ4n) is 3.36. The summed E-state index contributed by atoms with van der Waals surface area (Å²) in [7, 11) is 2.64. The molecule has 33 heavy (non-hydrogen) atoms. The van der Waals surface area contributed by atoms with Crippen molar-refractivity contribution in [3.63, 3.8) is 0 Å². The van der Waals surface area contributed by atoms with Crippen LogP contribution in [-0.2, 0) is 0 Å². The normalized spacial score (nSPS) is 11.4. The Morgan fingerprint density at radius 3 is 2.39 bits per heavy atom. The summed E-state index contributed by atoms with van der Waals surface area (Å²) in [6.07, 6.45) is 1.88. The largest absolute Gasteiger partial charge is 0.496 e. The summed E-state index contributed by atoms with van der Waals surface area (Å²) in [5, 5.41) is 1.84. The van der Waals surface area contributed by atoms with Gasteiger partial charge in [0.05, 0.1) is 42.8 Å². The van der Waals surface area contributed by atoms with Crippen molar-refractivity contribution in [1.29, 1.82) is 0 Å². The molecular weight excluding hydrogens is 439 g/mol. The molecule has 2 aromatic carbocycles. The highest BCUT2D eigenvalue weighted by atomic mass is 19.4. The number of fused-ring (bicyclic) bond motifs is 1. The van der Waals surface area contributed by atoms with Gasteiger partial charge >= 0.3 is 6.18 Å². The average Bonchev–Trinajstić information content (AvgIpc) is 3.25. The van der Waals surface area contributed by atoms with E-state index in [2.05, 4.69) is 15.0 Å². The molecule has 1 amide bonds. The topological polar surface area (TPSA) is 91.2 Å². The summed E-state index contributed by atoms with van der Waals surface area (Å²) in [5.41, 5.74) is 3.39. The molecule has 0 fully saturated rings. The maximum absolute atomic E-state index is 12.5. The standard InChI is InChI=1S/C22H18F3N5O3/c1-32-18-8-14(9-19(33-2)20(18)21(31)28-11-22(23,24)25)30-12-29-15-7-13(3-4-17(15)30)16-10-26-5-6-27-16/h3-10,12H,11H2,1-2H3,(H,28,31). The number of imidazole rings is 1. The molecule has 4 rings (SSSR count). The van der Waals surface area contributed by atoms with E-state index < -0.39 is 18.6 Å². The number of carbonyl (C=O) groups excluding carboxylic acids is 1. The van der Waals surface area contributed by atoms with Gasteiger partial charge in [0.25, 0.3) is 5.91 Å². The number of carbonyl (C=O) groups is 1. The second-order valence-electron chi connectivity index (χ2n) is 6.93. The van der Waals surface area contributed by atoms with Crippen LogP contribution in [0.4, 0.5) is 13.2 Å². The van der Waals surface area contributed by atoms with Gasteiger partial charge in [-0.15, -0.1) is 0 Å². The van der Waals surface area contributed by atoms with Crippen molar-refractivity contribution in [2.24, 2.45) is 0 Å². The first-order chi connectivity index (χ1) is 15.8. The van der Waals surface area contributed by atoms with Crippen LogP contribution in [0, 0.1) is 0 Å². The Balaban J connectivity index is 1.74. The lowest BCUT2D eigenvalue weighted by atomic mass is 10.1. The molecule has 2 aromatic heterocycles. The molecule has 0 saturated carbocycles. The number of hydrogen-bond donors (Lipinski definition) is 1. The Bertz CT molecular complexity index is 1280. The summed E-state index contributed by atoms with van der Waals surface area (Å²) in [6.45, 7) is -1.47. The molecule has 0 aliphatic rings. The van der Waals surface area contributed by atoms with Crippen LogP contribution < -0.4 is 14.8 Å². The van der Waals surface area contributed by atoms with Crippen LogP contribution >= 0.6 is 0 Å². The van der Waals surface area contributed by atoms with E-state index in [1.807, 2.05) is 23.5 Å². The van der Waals surface area contributed by atoms with E-state index in [0.29, 0.717) is 16.9 Å². The second-order valence-corrected chi connectivity index (χ2v) is 6.93. The second kappa shape index (κ2) is 8.77. The summed E-state index contributed by atoms with van der Waals surface area (Å²) in [5.74, 6) is -0.846. The van der Waals surface area contributed by atoms with Gasteiger partial charge in [-0.25, -0.2) is 4.98 Å². The number of methoxy groups -OCH3 is 2. The first-order valence-electron chi connectivity index (χ1n) is 9.65. The number of hydrogen-bond acceptors (Lipinski definition) is 6. The van der Waals surface area contributed by atoms with Crippen LogP contribution in [0.5, 0.6) is 11.5 Å². The van der Waals surface area contributed by atoms with Crippen LogP contribution in [0.25, 0.3) is 28.0 Å². The van der Waals surface area contributed by atoms with Crippen molar-refractivity contribution < 1.29 is 27.4 Å². The molecule has 0 radical (unpaired) electrons. The maximum atomic E-state index is 12.5. The molecule has 0 atom stereocenters. The van der Waals surface area contributed by atoms with E-state index in [4.69, 9.17) is 9.47 Å². The monoisotopic (exact) mass is 457 g/mol. The van der Waals surface area contributed by atoms with Gasteiger partial charge in [0.1, 0.15) is 29.9 Å². The molecule has 1 N–H and O–H groups in total. The predicted octanol–water partition coefficient (Wildman–Crippen LogP) is 3.79. The van der Waals surface area contributed by atoms with Gasteiger partial charge in [-0.1, -0.05) is 6.07 Å². The molecule has 0 unspecified atom stereocenters. The molecule has 2 heterocycles. The highest BCUT2D eigenvalue weighted by Gasteiger charge is 2.30. The highest BCUT2D eigenvalue weighted by Crippen LogP contribution is 2.34. The first kappa shape index (κ1) is 22.1. The van der Waals surface area contributed by atoms with Gasteiger partial charge < -0.3 is 14.8 Å². The van der Waals surface area contributed by atoms with Gasteiger partial charge in [0.2, 0.25) is 0 Å². The van der Waals surface area contributed by atoms with Gasteiger partial charge in [-0.2, -0.15) is 13.2 Å². The average molecular weight is 457 g/mol. The van der Waals surface area contributed by atoms with Crippen molar-refractivity contribution in [3.8, 4) is 28.4 Å². The van der Waals surface area contributed by atoms with Crippen molar-refractivity contribution in [2.75, 3.05) is 20.8 Å². The van der Waals surface area contributed by atoms with E-state index in [1.54, 1.807) is 29.5 Å². The minimum atomic E-state index is -4.55. The van der Waals surface area contributed by atoms with E-state index in [0.717, 1.165) is 11.1 Å². The van der Waals surface area contributed by atoms with Gasteiger partial charge in [-0.05, 0) is 12.1 Å². The molecule has 0 aliphatic carbocycles. The van der Waals surface area contributed by atoms with Crippen LogP contribution in [0.15, 0.2) is 55.2 Å². The van der Waals surface area contributed by atoms with Crippen LogP contribution in [0.2, 0.25) is 0 Å². The fraction of sp³-hybridized carbons (Fsp3) is 0.182. The number of rotatable bonds is 6. The fourth-order valence-corrected chi connectivity index (χ4v) is 3.36. The Morgan fingerprint density at radius 2 is 1.79 bits per heavy atom. The van der Waals surface area contributed by atoms with E-state index >= 15 is 0 Å². The number of alkyl halides is 3. The summed E-state index contributed by atoms with van der Waals surface area (Å²) in [4.78, 5) is 25.2. The van der Waals surface area contributed by atoms with Crippen LogP contribution in [0.1, 0.15) is 10.4 Å².